The minimum absolute atomic E-state index is 0.0340. The number of carbonyl (C=O) groups is 1. The van der Waals surface area contributed by atoms with Gasteiger partial charge in [-0.3, -0.25) is 4.79 Å². The number of aromatic nitrogens is 1. The Balaban J connectivity index is 1.84. The average molecular weight is 346 g/mol. The van der Waals surface area contributed by atoms with Gasteiger partial charge in [-0.05, 0) is 30.7 Å². The Kier molecular flexibility index (Phi) is 7.25. The van der Waals surface area contributed by atoms with Crippen molar-refractivity contribution in [2.24, 2.45) is 5.92 Å². The van der Waals surface area contributed by atoms with Crippen molar-refractivity contribution in [3.63, 3.8) is 0 Å². The standard InChI is InChI=1S/C19H27N3OS/c1-14(2)10-12-21-19-22-18(13-24-19)17-8-6-16(7-9-17)5-4-11-20-15(3)23/h6-9,13-14H,4-5,10-12H2,1-3H3,(H,20,23)(H,21,22). The third kappa shape index (κ3) is 6.32. The van der Waals surface area contributed by atoms with E-state index in [1.54, 1.807) is 18.3 Å². The fourth-order valence-corrected chi connectivity index (χ4v) is 3.10. The molecular weight excluding hydrogens is 318 g/mol. The molecule has 0 fully saturated rings. The molecule has 0 atom stereocenters. The van der Waals surface area contributed by atoms with Gasteiger partial charge in [-0.25, -0.2) is 4.98 Å². The molecule has 0 aliphatic heterocycles. The van der Waals surface area contributed by atoms with Crippen molar-refractivity contribution in [2.75, 3.05) is 18.4 Å². The van der Waals surface area contributed by atoms with Gasteiger partial charge in [-0.1, -0.05) is 38.1 Å². The zero-order valence-corrected chi connectivity index (χ0v) is 15.6. The molecule has 0 spiro atoms. The van der Waals surface area contributed by atoms with Gasteiger partial charge in [0.05, 0.1) is 5.69 Å². The molecule has 2 N–H and O–H groups in total. The Morgan fingerprint density at radius 1 is 1.21 bits per heavy atom. The first-order valence-electron chi connectivity index (χ1n) is 8.57. The van der Waals surface area contributed by atoms with Gasteiger partial charge in [-0.2, -0.15) is 0 Å². The number of aryl methyl sites for hydroxylation is 1. The molecule has 1 amide bonds. The molecular formula is C19H27N3OS. The normalized spacial score (nSPS) is 10.8. The molecule has 5 heteroatoms. The van der Waals surface area contributed by atoms with Gasteiger partial charge in [0.15, 0.2) is 5.13 Å². The Hall–Kier alpha value is -1.88. The summed E-state index contributed by atoms with van der Waals surface area (Å²) < 4.78 is 0. The van der Waals surface area contributed by atoms with E-state index in [0.717, 1.165) is 48.7 Å². The summed E-state index contributed by atoms with van der Waals surface area (Å²) in [5, 5.41) is 9.31. The van der Waals surface area contributed by atoms with Crippen LogP contribution in [0.4, 0.5) is 5.13 Å². The molecule has 0 unspecified atom stereocenters. The van der Waals surface area contributed by atoms with Crippen molar-refractivity contribution < 1.29 is 4.79 Å². The summed E-state index contributed by atoms with van der Waals surface area (Å²) in [6.45, 7) is 7.71. The van der Waals surface area contributed by atoms with E-state index in [1.165, 1.54) is 5.56 Å². The molecule has 0 aliphatic rings. The number of anilines is 1. The molecule has 1 aromatic carbocycles. The molecule has 1 heterocycles. The number of thiazole rings is 1. The van der Waals surface area contributed by atoms with E-state index < -0.39 is 0 Å². The lowest BCUT2D eigenvalue weighted by atomic mass is 10.1. The van der Waals surface area contributed by atoms with Gasteiger partial charge >= 0.3 is 0 Å². The number of carbonyl (C=O) groups excluding carboxylic acids is 1. The van der Waals surface area contributed by atoms with Crippen molar-refractivity contribution in [3.05, 3.63) is 35.2 Å². The van der Waals surface area contributed by atoms with Crippen molar-refractivity contribution >= 4 is 22.4 Å². The fourth-order valence-electron chi connectivity index (χ4n) is 2.35. The first-order chi connectivity index (χ1) is 11.5. The average Bonchev–Trinajstić information content (AvgIpc) is 3.00. The number of benzene rings is 1. The monoisotopic (exact) mass is 345 g/mol. The van der Waals surface area contributed by atoms with Crippen LogP contribution >= 0.6 is 11.3 Å². The van der Waals surface area contributed by atoms with Crippen LogP contribution in [-0.2, 0) is 11.2 Å². The third-order valence-corrected chi connectivity index (χ3v) is 4.57. The third-order valence-electron chi connectivity index (χ3n) is 3.77. The second-order valence-electron chi connectivity index (χ2n) is 6.43. The van der Waals surface area contributed by atoms with Crippen LogP contribution < -0.4 is 10.6 Å². The van der Waals surface area contributed by atoms with E-state index in [2.05, 4.69) is 59.1 Å². The van der Waals surface area contributed by atoms with Crippen molar-refractivity contribution in [1.29, 1.82) is 0 Å². The fraction of sp³-hybridized carbons (Fsp3) is 0.474. The van der Waals surface area contributed by atoms with Gasteiger partial charge in [0.25, 0.3) is 0 Å². The first kappa shape index (κ1) is 18.5. The van der Waals surface area contributed by atoms with Gasteiger partial charge in [-0.15, -0.1) is 11.3 Å². The van der Waals surface area contributed by atoms with Gasteiger partial charge in [0.2, 0.25) is 5.91 Å². The van der Waals surface area contributed by atoms with Gasteiger partial charge < -0.3 is 10.6 Å². The van der Waals surface area contributed by atoms with Crippen LogP contribution in [0, 0.1) is 5.92 Å². The summed E-state index contributed by atoms with van der Waals surface area (Å²) in [5.41, 5.74) is 3.46. The van der Waals surface area contributed by atoms with Crippen LogP contribution in [0.1, 0.15) is 39.2 Å². The lowest BCUT2D eigenvalue weighted by Crippen LogP contribution is -2.21. The first-order valence-corrected chi connectivity index (χ1v) is 9.45. The van der Waals surface area contributed by atoms with E-state index in [1.807, 2.05) is 0 Å². The lowest BCUT2D eigenvalue weighted by molar-refractivity contribution is -0.118. The minimum atomic E-state index is 0.0340. The summed E-state index contributed by atoms with van der Waals surface area (Å²) in [7, 11) is 0. The number of nitrogens with one attached hydrogen (secondary N) is 2. The Morgan fingerprint density at radius 2 is 1.96 bits per heavy atom. The zero-order chi connectivity index (χ0) is 17.4. The maximum absolute atomic E-state index is 10.8. The van der Waals surface area contributed by atoms with E-state index in [9.17, 15) is 4.79 Å². The van der Waals surface area contributed by atoms with Crippen LogP contribution in [0.25, 0.3) is 11.3 Å². The Bertz CT molecular complexity index is 634. The smallest absolute Gasteiger partial charge is 0.216 e. The van der Waals surface area contributed by atoms with E-state index in [4.69, 9.17) is 0 Å². The van der Waals surface area contributed by atoms with Crippen LogP contribution in [-0.4, -0.2) is 24.0 Å². The molecule has 0 bridgehead atoms. The molecule has 0 saturated heterocycles. The van der Waals surface area contributed by atoms with Crippen LogP contribution in [0.5, 0.6) is 0 Å². The highest BCUT2D eigenvalue weighted by Crippen LogP contribution is 2.25. The Labute approximate surface area is 148 Å². The largest absolute Gasteiger partial charge is 0.361 e. The number of hydrogen-bond donors (Lipinski definition) is 2. The van der Waals surface area contributed by atoms with Crippen LogP contribution in [0.15, 0.2) is 29.6 Å². The van der Waals surface area contributed by atoms with Crippen molar-refractivity contribution in [3.8, 4) is 11.3 Å². The van der Waals surface area contributed by atoms with Crippen molar-refractivity contribution in [2.45, 2.75) is 40.0 Å². The molecule has 0 aliphatic carbocycles. The highest BCUT2D eigenvalue weighted by molar-refractivity contribution is 7.14. The predicted molar refractivity (Wildman–Crippen MR) is 102 cm³/mol. The molecule has 1 aromatic heterocycles. The number of nitrogens with zero attached hydrogens (tertiary/aromatic N) is 1. The molecule has 0 saturated carbocycles. The zero-order valence-electron chi connectivity index (χ0n) is 14.8. The van der Waals surface area contributed by atoms with E-state index in [-0.39, 0.29) is 5.91 Å². The summed E-state index contributed by atoms with van der Waals surface area (Å²) in [6, 6.07) is 8.55. The van der Waals surface area contributed by atoms with E-state index >= 15 is 0 Å². The number of hydrogen-bond acceptors (Lipinski definition) is 4. The SMILES string of the molecule is CC(=O)NCCCc1ccc(-c2csc(NCCC(C)C)n2)cc1. The predicted octanol–water partition coefficient (Wildman–Crippen LogP) is 4.34. The summed E-state index contributed by atoms with van der Waals surface area (Å²) in [4.78, 5) is 15.5. The Morgan fingerprint density at radius 3 is 2.62 bits per heavy atom. The number of amides is 1. The maximum Gasteiger partial charge on any atom is 0.216 e. The number of rotatable bonds is 9. The van der Waals surface area contributed by atoms with Gasteiger partial charge in [0, 0.05) is 31.0 Å². The minimum Gasteiger partial charge on any atom is -0.361 e. The molecule has 2 rings (SSSR count). The summed E-state index contributed by atoms with van der Waals surface area (Å²) in [6.07, 6.45) is 3.08. The second-order valence-corrected chi connectivity index (χ2v) is 7.29. The second kappa shape index (κ2) is 9.42. The molecule has 2 aromatic rings. The highest BCUT2D eigenvalue weighted by atomic mass is 32.1. The quantitative estimate of drug-likeness (QED) is 0.665. The van der Waals surface area contributed by atoms with Crippen molar-refractivity contribution in [1.82, 2.24) is 10.3 Å². The molecule has 0 radical (unpaired) electrons. The maximum atomic E-state index is 10.8. The summed E-state index contributed by atoms with van der Waals surface area (Å²) >= 11 is 1.66. The highest BCUT2D eigenvalue weighted by Gasteiger charge is 2.05. The topological polar surface area (TPSA) is 54.0 Å². The van der Waals surface area contributed by atoms with Gasteiger partial charge in [0.1, 0.15) is 0 Å². The summed E-state index contributed by atoms with van der Waals surface area (Å²) in [5.74, 6) is 0.738. The molecule has 24 heavy (non-hydrogen) atoms. The lowest BCUT2D eigenvalue weighted by Gasteiger charge is -2.05. The van der Waals surface area contributed by atoms with Crippen LogP contribution in [0.3, 0.4) is 0 Å². The molecule has 4 nitrogen and oxygen atoms in total. The molecule has 130 valence electrons. The van der Waals surface area contributed by atoms with E-state index in [0.29, 0.717) is 5.92 Å². The van der Waals surface area contributed by atoms with Crippen LogP contribution in [0.2, 0.25) is 0 Å².